The van der Waals surface area contributed by atoms with Crippen molar-refractivity contribution in [1.82, 2.24) is 0 Å². The van der Waals surface area contributed by atoms with Crippen molar-refractivity contribution in [3.63, 3.8) is 0 Å². The predicted octanol–water partition coefficient (Wildman–Crippen LogP) is 3.73. The van der Waals surface area contributed by atoms with E-state index >= 15 is 0 Å². The molecule has 2 rings (SSSR count). The molecule has 2 aromatic rings. The maximum absolute atomic E-state index is 11.7. The first kappa shape index (κ1) is 17.0. The third-order valence-corrected chi connectivity index (χ3v) is 3.93. The molecule has 0 amide bonds. The van der Waals surface area contributed by atoms with Crippen LogP contribution in [0.5, 0.6) is 0 Å². The van der Waals surface area contributed by atoms with Crippen molar-refractivity contribution in [2.75, 3.05) is 11.9 Å². The van der Waals surface area contributed by atoms with Crippen molar-refractivity contribution in [2.24, 2.45) is 0 Å². The van der Waals surface area contributed by atoms with Crippen molar-refractivity contribution >= 4 is 23.1 Å². The quantitative estimate of drug-likeness (QED) is 0.820. The Balaban J connectivity index is 2.28. The molecule has 1 unspecified atom stereocenters. The molecule has 0 spiro atoms. The van der Waals surface area contributed by atoms with Crippen LogP contribution in [0.15, 0.2) is 42.5 Å². The number of anilines is 1. The molecule has 0 aliphatic carbocycles. The number of nitrogens with one attached hydrogen (secondary N) is 1. The second-order valence-electron chi connectivity index (χ2n) is 5.54. The molecule has 0 bridgehead atoms. The molecule has 2 aromatic carbocycles. The van der Waals surface area contributed by atoms with Gasteiger partial charge < -0.3 is 10.4 Å². The lowest BCUT2D eigenvalue weighted by Gasteiger charge is -2.26. The van der Waals surface area contributed by atoms with Crippen molar-refractivity contribution in [1.29, 1.82) is 5.26 Å². The molecule has 0 saturated heterocycles. The maximum Gasteiger partial charge on any atom is 0.161 e. The fourth-order valence-corrected chi connectivity index (χ4v) is 2.67. The molecule has 0 aliphatic rings. The van der Waals surface area contributed by atoms with Gasteiger partial charge in [0.1, 0.15) is 5.60 Å². The van der Waals surface area contributed by atoms with Gasteiger partial charge in [-0.05, 0) is 38.1 Å². The molecule has 5 heteroatoms. The Morgan fingerprint density at radius 2 is 2.04 bits per heavy atom. The van der Waals surface area contributed by atoms with E-state index in [0.717, 1.165) is 0 Å². The molecule has 0 radical (unpaired) electrons. The van der Waals surface area contributed by atoms with Crippen LogP contribution in [0.4, 0.5) is 5.69 Å². The zero-order chi connectivity index (χ0) is 17.0. The number of benzene rings is 2. The van der Waals surface area contributed by atoms with Crippen molar-refractivity contribution in [3.8, 4) is 6.07 Å². The second-order valence-corrected chi connectivity index (χ2v) is 5.94. The monoisotopic (exact) mass is 328 g/mol. The van der Waals surface area contributed by atoms with E-state index < -0.39 is 5.60 Å². The zero-order valence-electron chi connectivity index (χ0n) is 12.9. The molecule has 1 atom stereocenters. The van der Waals surface area contributed by atoms with E-state index in [9.17, 15) is 9.90 Å². The average molecular weight is 329 g/mol. The van der Waals surface area contributed by atoms with Gasteiger partial charge in [0.25, 0.3) is 0 Å². The van der Waals surface area contributed by atoms with Gasteiger partial charge in [-0.2, -0.15) is 5.26 Å². The highest BCUT2D eigenvalue weighted by molar-refractivity contribution is 6.31. The zero-order valence-corrected chi connectivity index (χ0v) is 13.7. The van der Waals surface area contributed by atoms with Gasteiger partial charge >= 0.3 is 0 Å². The van der Waals surface area contributed by atoms with Crippen LogP contribution in [0.25, 0.3) is 0 Å². The van der Waals surface area contributed by atoms with Gasteiger partial charge in [0.05, 0.1) is 11.6 Å². The summed E-state index contributed by atoms with van der Waals surface area (Å²) in [5.41, 5.74) is 0.794. The lowest BCUT2D eigenvalue weighted by Crippen LogP contribution is -2.31. The second kappa shape index (κ2) is 6.82. The third-order valence-electron chi connectivity index (χ3n) is 3.61. The largest absolute Gasteiger partial charge is 0.384 e. The van der Waals surface area contributed by atoms with Crippen molar-refractivity contribution < 1.29 is 9.90 Å². The topological polar surface area (TPSA) is 73.1 Å². The van der Waals surface area contributed by atoms with Crippen molar-refractivity contribution in [3.05, 3.63) is 64.2 Å². The summed E-state index contributed by atoms with van der Waals surface area (Å²) in [6.07, 6.45) is 0. The minimum Gasteiger partial charge on any atom is -0.384 e. The number of carbonyl (C=O) groups excluding carboxylic acids is 1. The van der Waals surface area contributed by atoms with Crippen LogP contribution in [0.1, 0.15) is 35.3 Å². The number of carbonyl (C=O) groups is 1. The molecular weight excluding hydrogens is 312 g/mol. The first-order valence-electron chi connectivity index (χ1n) is 7.11. The van der Waals surface area contributed by atoms with E-state index in [1.54, 1.807) is 49.4 Å². The normalized spacial score (nSPS) is 13.0. The highest BCUT2D eigenvalue weighted by atomic mass is 35.5. The number of hydrogen-bond acceptors (Lipinski definition) is 4. The minimum absolute atomic E-state index is 0.116. The molecule has 0 saturated carbocycles. The molecule has 4 nitrogen and oxygen atoms in total. The van der Waals surface area contributed by atoms with Gasteiger partial charge in [0, 0.05) is 28.4 Å². The van der Waals surface area contributed by atoms with E-state index in [0.29, 0.717) is 27.4 Å². The van der Waals surface area contributed by atoms with Crippen LogP contribution in [0, 0.1) is 11.3 Å². The first-order chi connectivity index (χ1) is 10.8. The molecule has 23 heavy (non-hydrogen) atoms. The van der Waals surface area contributed by atoms with E-state index in [2.05, 4.69) is 5.32 Å². The third kappa shape index (κ3) is 3.89. The average Bonchev–Trinajstić information content (AvgIpc) is 2.52. The van der Waals surface area contributed by atoms with Crippen molar-refractivity contribution in [2.45, 2.75) is 19.4 Å². The van der Waals surface area contributed by atoms with Crippen LogP contribution in [0.2, 0.25) is 5.02 Å². The highest BCUT2D eigenvalue weighted by Gasteiger charge is 2.25. The molecule has 2 N–H and O–H groups in total. The fourth-order valence-electron chi connectivity index (χ4n) is 2.33. The number of Topliss-reactive ketones (excluding diaryl/α,β-unsaturated/α-hetero) is 1. The Labute approximate surface area is 140 Å². The number of hydrogen-bond donors (Lipinski definition) is 2. The summed E-state index contributed by atoms with van der Waals surface area (Å²) in [6, 6.07) is 13.9. The summed E-state index contributed by atoms with van der Waals surface area (Å²) < 4.78 is 0. The number of nitrogens with zero attached hydrogens (tertiary/aromatic N) is 1. The van der Waals surface area contributed by atoms with Crippen LogP contribution in [-0.4, -0.2) is 17.4 Å². The van der Waals surface area contributed by atoms with Crippen LogP contribution in [0.3, 0.4) is 0 Å². The van der Waals surface area contributed by atoms with Gasteiger partial charge in [-0.3, -0.25) is 4.79 Å². The predicted molar refractivity (Wildman–Crippen MR) is 90.7 cm³/mol. The first-order valence-corrected chi connectivity index (χ1v) is 7.49. The highest BCUT2D eigenvalue weighted by Crippen LogP contribution is 2.29. The number of nitriles is 1. The van der Waals surface area contributed by atoms with Gasteiger partial charge in [0.15, 0.2) is 5.78 Å². The smallest absolute Gasteiger partial charge is 0.161 e. The lowest BCUT2D eigenvalue weighted by molar-refractivity contribution is 0.0715. The molecular formula is C18H17ClN2O2. The standard InChI is InChI=1S/C18H17ClN2O2/c1-12(22)14-8-7-13(10-20)9-17(14)21-11-18(2,23)15-5-3-4-6-16(15)19/h3-9,21,23H,11H2,1-2H3. The minimum atomic E-state index is -1.23. The van der Waals surface area contributed by atoms with Crippen LogP contribution >= 0.6 is 11.6 Å². The van der Waals surface area contributed by atoms with E-state index in [-0.39, 0.29) is 12.3 Å². The summed E-state index contributed by atoms with van der Waals surface area (Å²) >= 11 is 6.13. The van der Waals surface area contributed by atoms with E-state index in [1.165, 1.54) is 6.92 Å². The number of halogens is 1. The fraction of sp³-hybridized carbons (Fsp3) is 0.222. The summed E-state index contributed by atoms with van der Waals surface area (Å²) in [6.45, 7) is 3.24. The summed E-state index contributed by atoms with van der Waals surface area (Å²) in [5, 5.41) is 23.2. The number of rotatable bonds is 5. The summed E-state index contributed by atoms with van der Waals surface area (Å²) in [7, 11) is 0. The lowest BCUT2D eigenvalue weighted by atomic mass is 9.95. The summed E-state index contributed by atoms with van der Waals surface area (Å²) in [5.74, 6) is -0.116. The number of ketones is 1. The van der Waals surface area contributed by atoms with E-state index in [1.807, 2.05) is 6.07 Å². The Morgan fingerprint density at radius 3 is 2.65 bits per heavy atom. The Bertz CT molecular complexity index is 779. The van der Waals surface area contributed by atoms with Gasteiger partial charge in [0.2, 0.25) is 0 Å². The molecule has 0 fully saturated rings. The van der Waals surface area contributed by atoms with E-state index in [4.69, 9.17) is 16.9 Å². The Hall–Kier alpha value is -2.35. The Morgan fingerprint density at radius 1 is 1.35 bits per heavy atom. The van der Waals surface area contributed by atoms with Gasteiger partial charge in [-0.1, -0.05) is 29.8 Å². The number of aliphatic hydroxyl groups is 1. The molecule has 0 aromatic heterocycles. The molecule has 118 valence electrons. The maximum atomic E-state index is 11.7. The van der Waals surface area contributed by atoms with Gasteiger partial charge in [-0.15, -0.1) is 0 Å². The van der Waals surface area contributed by atoms with Gasteiger partial charge in [-0.25, -0.2) is 0 Å². The van der Waals surface area contributed by atoms with Crippen LogP contribution in [-0.2, 0) is 5.60 Å². The SMILES string of the molecule is CC(=O)c1ccc(C#N)cc1NCC(C)(O)c1ccccc1Cl. The molecule has 0 aliphatic heterocycles. The van der Waals surface area contributed by atoms with Crippen LogP contribution < -0.4 is 5.32 Å². The summed E-state index contributed by atoms with van der Waals surface area (Å²) in [4.78, 5) is 11.7. The Kier molecular flexibility index (Phi) is 5.05. The molecule has 0 heterocycles.